The van der Waals surface area contributed by atoms with Crippen molar-refractivity contribution in [1.29, 1.82) is 0 Å². The standard InChI is InChI=1S/C25H30N2O3S/c1-14-11-17-18(25(4,5)10-9-24(17,2)3)13-16(14)21-19(30-6)8-7-15(26-21)12-20-22(28)27-23(29)31-20/h7-8,11,13,20H,9-10,12H2,1-6H3,(H,27,28,29). The molecule has 2 heterocycles. The molecule has 0 radical (unpaired) electrons. The number of pyridine rings is 1. The summed E-state index contributed by atoms with van der Waals surface area (Å²) in [5.41, 5.74) is 6.81. The summed E-state index contributed by atoms with van der Waals surface area (Å²) < 4.78 is 5.65. The minimum Gasteiger partial charge on any atom is -0.494 e. The van der Waals surface area contributed by atoms with Gasteiger partial charge in [-0.2, -0.15) is 0 Å². The molecule has 1 N–H and O–H groups in total. The molecule has 0 spiro atoms. The number of methoxy groups -OCH3 is 1. The van der Waals surface area contributed by atoms with E-state index in [0.29, 0.717) is 12.2 Å². The molecule has 164 valence electrons. The Hall–Kier alpha value is -2.34. The van der Waals surface area contributed by atoms with Crippen LogP contribution in [0, 0.1) is 6.92 Å². The Morgan fingerprint density at radius 1 is 1.10 bits per heavy atom. The van der Waals surface area contributed by atoms with Crippen LogP contribution in [0.3, 0.4) is 0 Å². The van der Waals surface area contributed by atoms with Gasteiger partial charge in [-0.1, -0.05) is 45.5 Å². The normalized spacial score (nSPS) is 21.5. The first-order chi connectivity index (χ1) is 14.5. The van der Waals surface area contributed by atoms with Crippen LogP contribution in [-0.4, -0.2) is 28.5 Å². The van der Waals surface area contributed by atoms with Gasteiger partial charge in [0.1, 0.15) is 11.4 Å². The summed E-state index contributed by atoms with van der Waals surface area (Å²) >= 11 is 1.03. The average molecular weight is 439 g/mol. The van der Waals surface area contributed by atoms with Gasteiger partial charge in [0.25, 0.3) is 5.24 Å². The minimum atomic E-state index is -0.439. The number of fused-ring (bicyclic) bond motifs is 1. The topological polar surface area (TPSA) is 68.3 Å². The van der Waals surface area contributed by atoms with E-state index in [9.17, 15) is 9.59 Å². The lowest BCUT2D eigenvalue weighted by atomic mass is 9.62. The molecule has 0 saturated carbocycles. The highest BCUT2D eigenvalue weighted by Gasteiger charge is 2.38. The second-order valence-electron chi connectivity index (χ2n) is 9.92. The Morgan fingerprint density at radius 3 is 2.32 bits per heavy atom. The van der Waals surface area contributed by atoms with Crippen LogP contribution in [-0.2, 0) is 22.0 Å². The van der Waals surface area contributed by atoms with Gasteiger partial charge in [0.15, 0.2) is 0 Å². The third-order valence-electron chi connectivity index (χ3n) is 6.75. The van der Waals surface area contributed by atoms with Crippen molar-refractivity contribution in [2.24, 2.45) is 0 Å². The van der Waals surface area contributed by atoms with Gasteiger partial charge >= 0.3 is 0 Å². The summed E-state index contributed by atoms with van der Waals surface area (Å²) in [6.45, 7) is 11.4. The van der Waals surface area contributed by atoms with E-state index in [2.05, 4.69) is 52.1 Å². The van der Waals surface area contributed by atoms with Crippen molar-refractivity contribution in [3.05, 3.63) is 46.6 Å². The van der Waals surface area contributed by atoms with E-state index in [0.717, 1.165) is 40.7 Å². The number of nitrogens with zero attached hydrogens (tertiary/aromatic N) is 1. The lowest BCUT2D eigenvalue weighted by molar-refractivity contribution is -0.118. The second-order valence-corrected chi connectivity index (χ2v) is 11.1. The molecule has 2 amide bonds. The molecule has 31 heavy (non-hydrogen) atoms. The number of carbonyl (C=O) groups excluding carboxylic acids is 2. The van der Waals surface area contributed by atoms with Gasteiger partial charge in [0.05, 0.1) is 12.4 Å². The van der Waals surface area contributed by atoms with E-state index in [4.69, 9.17) is 9.72 Å². The lowest BCUT2D eigenvalue weighted by Crippen LogP contribution is -2.34. The zero-order valence-electron chi connectivity index (χ0n) is 19.1. The molecule has 5 nitrogen and oxygen atoms in total. The van der Waals surface area contributed by atoms with Crippen molar-refractivity contribution in [2.45, 2.75) is 70.0 Å². The van der Waals surface area contributed by atoms with Crippen LogP contribution in [0.4, 0.5) is 4.79 Å². The number of hydrogen-bond acceptors (Lipinski definition) is 5. The number of imide groups is 1. The average Bonchev–Trinajstić information content (AvgIpc) is 3.02. The Labute approximate surface area is 188 Å². The highest BCUT2D eigenvalue weighted by atomic mass is 32.2. The maximum atomic E-state index is 12.0. The van der Waals surface area contributed by atoms with E-state index in [1.807, 2.05) is 12.1 Å². The van der Waals surface area contributed by atoms with Crippen molar-refractivity contribution in [3.8, 4) is 17.0 Å². The highest BCUT2D eigenvalue weighted by Crippen LogP contribution is 2.48. The van der Waals surface area contributed by atoms with Crippen LogP contribution < -0.4 is 10.1 Å². The summed E-state index contributed by atoms with van der Waals surface area (Å²) in [4.78, 5) is 28.4. The molecule has 1 aliphatic heterocycles. The number of thioether (sulfide) groups is 1. The van der Waals surface area contributed by atoms with Crippen LogP contribution in [0.25, 0.3) is 11.3 Å². The number of rotatable bonds is 4. The molecule has 1 aromatic carbocycles. The Morgan fingerprint density at radius 2 is 1.74 bits per heavy atom. The number of aryl methyl sites for hydroxylation is 1. The van der Waals surface area contributed by atoms with Crippen molar-refractivity contribution in [2.75, 3.05) is 7.11 Å². The fourth-order valence-electron chi connectivity index (χ4n) is 4.65. The molecule has 0 bridgehead atoms. The molecule has 1 aliphatic carbocycles. The van der Waals surface area contributed by atoms with E-state index >= 15 is 0 Å². The van der Waals surface area contributed by atoms with Crippen LogP contribution in [0.1, 0.15) is 62.9 Å². The number of aromatic nitrogens is 1. The maximum absolute atomic E-state index is 12.0. The van der Waals surface area contributed by atoms with Gasteiger partial charge in [-0.25, -0.2) is 4.98 Å². The first kappa shape index (κ1) is 21.9. The molecule has 1 saturated heterocycles. The van der Waals surface area contributed by atoms with Crippen LogP contribution in [0.15, 0.2) is 24.3 Å². The van der Waals surface area contributed by atoms with Crippen molar-refractivity contribution in [1.82, 2.24) is 10.3 Å². The second kappa shape index (κ2) is 7.66. The molecule has 1 unspecified atom stereocenters. The number of hydrogen-bond donors (Lipinski definition) is 1. The highest BCUT2D eigenvalue weighted by molar-refractivity contribution is 8.15. The molecule has 1 aromatic heterocycles. The summed E-state index contributed by atoms with van der Waals surface area (Å²) in [6, 6.07) is 8.39. The van der Waals surface area contributed by atoms with Crippen LogP contribution in [0.2, 0.25) is 0 Å². The monoisotopic (exact) mass is 438 g/mol. The van der Waals surface area contributed by atoms with Gasteiger partial charge < -0.3 is 4.74 Å². The third-order valence-corrected chi connectivity index (χ3v) is 7.73. The van der Waals surface area contributed by atoms with E-state index in [1.165, 1.54) is 17.5 Å². The van der Waals surface area contributed by atoms with Gasteiger partial charge in [-0.05, 0) is 65.5 Å². The number of ether oxygens (including phenoxy) is 1. The van der Waals surface area contributed by atoms with E-state index < -0.39 is 5.25 Å². The molecule has 6 heteroatoms. The lowest BCUT2D eigenvalue weighted by Gasteiger charge is -2.42. The van der Waals surface area contributed by atoms with Crippen molar-refractivity contribution < 1.29 is 14.3 Å². The molecule has 2 aromatic rings. The SMILES string of the molecule is COc1ccc(CC2SC(=O)NC2=O)nc1-c1cc2c(cc1C)C(C)(C)CCC2(C)C. The molecular weight excluding hydrogens is 408 g/mol. The Kier molecular flexibility index (Phi) is 5.41. The van der Waals surface area contributed by atoms with Gasteiger partial charge in [0, 0.05) is 17.7 Å². The first-order valence-corrected chi connectivity index (χ1v) is 11.6. The Bertz CT molecular complexity index is 1070. The molecule has 1 fully saturated rings. The summed E-state index contributed by atoms with van der Waals surface area (Å²) in [7, 11) is 1.65. The molecule has 4 rings (SSSR count). The quantitative estimate of drug-likeness (QED) is 0.701. The number of amides is 2. The zero-order chi connectivity index (χ0) is 22.6. The van der Waals surface area contributed by atoms with Crippen molar-refractivity contribution in [3.63, 3.8) is 0 Å². The predicted molar refractivity (Wildman–Crippen MR) is 125 cm³/mol. The van der Waals surface area contributed by atoms with E-state index in [1.54, 1.807) is 7.11 Å². The Balaban J connectivity index is 1.80. The fourth-order valence-corrected chi connectivity index (χ4v) is 5.49. The first-order valence-electron chi connectivity index (χ1n) is 10.7. The minimum absolute atomic E-state index is 0.0943. The number of benzene rings is 1. The summed E-state index contributed by atoms with van der Waals surface area (Å²) in [5.74, 6) is 0.461. The molecule has 1 atom stereocenters. The zero-order valence-corrected chi connectivity index (χ0v) is 19.9. The molecular formula is C25H30N2O3S. The van der Waals surface area contributed by atoms with Gasteiger partial charge in [-0.15, -0.1) is 0 Å². The predicted octanol–water partition coefficient (Wildman–Crippen LogP) is 5.31. The van der Waals surface area contributed by atoms with Crippen LogP contribution in [0.5, 0.6) is 5.75 Å². The summed E-state index contributed by atoms with van der Waals surface area (Å²) in [6.07, 6.45) is 2.71. The fraction of sp³-hybridized carbons (Fsp3) is 0.480. The summed E-state index contributed by atoms with van der Waals surface area (Å²) in [5, 5.41) is 1.62. The molecule has 2 aliphatic rings. The largest absolute Gasteiger partial charge is 0.494 e. The number of carbonyl (C=O) groups is 2. The van der Waals surface area contributed by atoms with E-state index in [-0.39, 0.29) is 22.0 Å². The number of nitrogens with one attached hydrogen (secondary N) is 1. The third kappa shape index (κ3) is 3.98. The van der Waals surface area contributed by atoms with Gasteiger partial charge in [0.2, 0.25) is 5.91 Å². The maximum Gasteiger partial charge on any atom is 0.286 e. The smallest absolute Gasteiger partial charge is 0.286 e. The van der Waals surface area contributed by atoms with Crippen molar-refractivity contribution >= 4 is 22.9 Å². The van der Waals surface area contributed by atoms with Crippen LogP contribution >= 0.6 is 11.8 Å². The van der Waals surface area contributed by atoms with Gasteiger partial charge in [-0.3, -0.25) is 14.9 Å².